The number of benzene rings is 1. The number of hydrogen-bond acceptors (Lipinski definition) is 5. The molecule has 9 heteroatoms. The Balaban J connectivity index is 1.48. The zero-order valence-electron chi connectivity index (χ0n) is 16.7. The van der Waals surface area contributed by atoms with E-state index in [0.29, 0.717) is 15.7 Å². The third-order valence-corrected chi connectivity index (χ3v) is 8.07. The molecule has 2 heterocycles. The van der Waals surface area contributed by atoms with Crippen LogP contribution in [-0.2, 0) is 24.2 Å². The van der Waals surface area contributed by atoms with Crippen LogP contribution < -0.4 is 5.32 Å². The number of halogens is 2. The molecule has 158 valence electrons. The lowest BCUT2D eigenvalue weighted by Crippen LogP contribution is -2.15. The summed E-state index contributed by atoms with van der Waals surface area (Å²) in [7, 11) is 0. The highest BCUT2D eigenvalue weighted by Crippen LogP contribution is 2.38. The van der Waals surface area contributed by atoms with Gasteiger partial charge in [0.1, 0.15) is 0 Å². The van der Waals surface area contributed by atoms with E-state index in [0.717, 1.165) is 36.3 Å². The molecule has 2 aromatic heterocycles. The fourth-order valence-corrected chi connectivity index (χ4v) is 6.05. The van der Waals surface area contributed by atoms with E-state index in [4.69, 9.17) is 23.2 Å². The van der Waals surface area contributed by atoms with Crippen LogP contribution in [0.5, 0.6) is 0 Å². The number of anilines is 1. The molecule has 1 aliphatic carbocycles. The Morgan fingerprint density at radius 3 is 3.00 bits per heavy atom. The number of nitrogens with one attached hydrogen (secondary N) is 1. The zero-order valence-corrected chi connectivity index (χ0v) is 19.9. The first-order chi connectivity index (χ1) is 14.5. The lowest BCUT2D eigenvalue weighted by atomic mass is 9.88. The third-order valence-electron chi connectivity index (χ3n) is 5.23. The Labute approximate surface area is 194 Å². The number of rotatable bonds is 6. The molecule has 0 aliphatic heterocycles. The molecule has 0 spiro atoms. The van der Waals surface area contributed by atoms with Crippen molar-refractivity contribution in [1.29, 1.82) is 0 Å². The quantitative estimate of drug-likeness (QED) is 0.427. The molecule has 0 fully saturated rings. The second-order valence-corrected chi connectivity index (χ2v) is 10.1. The van der Waals surface area contributed by atoms with Crippen molar-refractivity contribution in [2.24, 2.45) is 5.92 Å². The summed E-state index contributed by atoms with van der Waals surface area (Å²) in [5.74, 6) is 1.68. The number of thiophene rings is 1. The van der Waals surface area contributed by atoms with E-state index >= 15 is 0 Å². The van der Waals surface area contributed by atoms with Crippen LogP contribution >= 0.6 is 46.3 Å². The maximum atomic E-state index is 12.4. The Bertz CT molecular complexity index is 1080. The number of carbonyl (C=O) groups excluding carboxylic acids is 1. The van der Waals surface area contributed by atoms with Gasteiger partial charge in [-0.3, -0.25) is 4.79 Å². The van der Waals surface area contributed by atoms with Gasteiger partial charge in [0.2, 0.25) is 5.91 Å². The van der Waals surface area contributed by atoms with Crippen molar-refractivity contribution >= 4 is 57.9 Å². The number of hydrogen-bond donors (Lipinski definition) is 1. The van der Waals surface area contributed by atoms with Gasteiger partial charge in [0.25, 0.3) is 0 Å². The number of nitrogens with zero attached hydrogens (tertiary/aromatic N) is 3. The largest absolute Gasteiger partial charge is 0.324 e. The van der Waals surface area contributed by atoms with E-state index in [-0.39, 0.29) is 11.7 Å². The summed E-state index contributed by atoms with van der Waals surface area (Å²) in [5, 5.41) is 15.3. The average Bonchev–Trinajstić information content (AvgIpc) is 3.32. The fourth-order valence-electron chi connectivity index (χ4n) is 3.66. The van der Waals surface area contributed by atoms with Crippen molar-refractivity contribution in [2.45, 2.75) is 44.8 Å². The van der Waals surface area contributed by atoms with Gasteiger partial charge in [-0.1, -0.05) is 48.0 Å². The average molecular weight is 481 g/mol. The molecule has 0 saturated carbocycles. The molecule has 1 N–H and O–H groups in total. The van der Waals surface area contributed by atoms with Crippen LogP contribution in [0.4, 0.5) is 5.69 Å². The predicted molar refractivity (Wildman–Crippen MR) is 126 cm³/mol. The normalized spacial score (nSPS) is 15.8. The van der Waals surface area contributed by atoms with Gasteiger partial charge in [-0.05, 0) is 49.8 Å². The van der Waals surface area contributed by atoms with Crippen LogP contribution in [0, 0.1) is 5.92 Å². The SMILES string of the molecule is CCn1c(SCC(=O)Nc2cccc(Cl)c2Cl)nnc1-c1csc2c1CCC(C)C2. The summed E-state index contributed by atoms with van der Waals surface area (Å²) < 4.78 is 2.09. The third kappa shape index (κ3) is 4.40. The van der Waals surface area contributed by atoms with Gasteiger partial charge < -0.3 is 9.88 Å². The number of fused-ring (bicyclic) bond motifs is 1. The Morgan fingerprint density at radius 2 is 2.20 bits per heavy atom. The van der Waals surface area contributed by atoms with Crippen LogP contribution in [0.2, 0.25) is 10.0 Å². The molecule has 3 aromatic rings. The summed E-state index contributed by atoms with van der Waals surface area (Å²) in [6.07, 6.45) is 3.45. The molecular formula is C21H22Cl2N4OS2. The standard InChI is InChI=1S/C21H22Cl2N4OS2/c1-3-27-20(14-10-29-17-9-12(2)7-8-13(14)17)25-26-21(27)30-11-18(28)24-16-6-4-5-15(22)19(16)23/h4-6,10,12H,3,7-9,11H2,1-2H3,(H,24,28). The predicted octanol–water partition coefficient (Wildman–Crippen LogP) is 6.19. The van der Waals surface area contributed by atoms with E-state index in [1.807, 2.05) is 11.3 Å². The lowest BCUT2D eigenvalue weighted by molar-refractivity contribution is -0.113. The van der Waals surface area contributed by atoms with E-state index in [1.165, 1.54) is 34.2 Å². The van der Waals surface area contributed by atoms with Gasteiger partial charge in [0, 0.05) is 22.4 Å². The van der Waals surface area contributed by atoms with Gasteiger partial charge in [-0.25, -0.2) is 0 Å². The molecule has 1 aromatic carbocycles. The first-order valence-electron chi connectivity index (χ1n) is 9.87. The van der Waals surface area contributed by atoms with Crippen molar-refractivity contribution in [3.05, 3.63) is 44.1 Å². The monoisotopic (exact) mass is 480 g/mol. The Hall–Kier alpha value is -1.54. The summed E-state index contributed by atoms with van der Waals surface area (Å²) in [6.45, 7) is 5.13. The zero-order chi connectivity index (χ0) is 21.3. The van der Waals surface area contributed by atoms with Gasteiger partial charge in [-0.15, -0.1) is 21.5 Å². The van der Waals surface area contributed by atoms with Gasteiger partial charge in [0.15, 0.2) is 11.0 Å². The first kappa shape index (κ1) is 21.7. The second-order valence-electron chi connectivity index (χ2n) is 7.39. The molecule has 1 atom stereocenters. The van der Waals surface area contributed by atoms with Crippen LogP contribution in [0.15, 0.2) is 28.7 Å². The Morgan fingerprint density at radius 1 is 1.37 bits per heavy atom. The second kappa shape index (κ2) is 9.30. The molecular weight excluding hydrogens is 459 g/mol. The van der Waals surface area contributed by atoms with E-state index in [2.05, 4.69) is 39.3 Å². The van der Waals surface area contributed by atoms with E-state index in [9.17, 15) is 4.79 Å². The van der Waals surface area contributed by atoms with Crippen LogP contribution in [-0.4, -0.2) is 26.4 Å². The highest BCUT2D eigenvalue weighted by molar-refractivity contribution is 7.99. The smallest absolute Gasteiger partial charge is 0.234 e. The summed E-state index contributed by atoms with van der Waals surface area (Å²) in [6, 6.07) is 5.16. The van der Waals surface area contributed by atoms with E-state index in [1.54, 1.807) is 18.2 Å². The van der Waals surface area contributed by atoms with Crippen LogP contribution in [0.25, 0.3) is 11.4 Å². The topological polar surface area (TPSA) is 59.8 Å². The summed E-state index contributed by atoms with van der Waals surface area (Å²) >= 11 is 15.4. The van der Waals surface area contributed by atoms with Gasteiger partial charge >= 0.3 is 0 Å². The summed E-state index contributed by atoms with van der Waals surface area (Å²) in [5.41, 5.74) is 3.12. The van der Waals surface area contributed by atoms with Gasteiger partial charge in [-0.2, -0.15) is 0 Å². The van der Waals surface area contributed by atoms with Crippen molar-refractivity contribution in [1.82, 2.24) is 14.8 Å². The Kier molecular flexibility index (Phi) is 6.72. The number of carbonyl (C=O) groups is 1. The molecule has 0 saturated heterocycles. The maximum absolute atomic E-state index is 12.4. The van der Waals surface area contributed by atoms with Crippen molar-refractivity contribution in [2.75, 3.05) is 11.1 Å². The molecule has 0 bridgehead atoms. The van der Waals surface area contributed by atoms with Gasteiger partial charge in [0.05, 0.1) is 21.5 Å². The van der Waals surface area contributed by atoms with Crippen LogP contribution in [0.3, 0.4) is 0 Å². The highest BCUT2D eigenvalue weighted by Gasteiger charge is 2.24. The number of amides is 1. The first-order valence-corrected chi connectivity index (χ1v) is 12.5. The number of aromatic nitrogens is 3. The minimum absolute atomic E-state index is 0.168. The van der Waals surface area contributed by atoms with Crippen molar-refractivity contribution in [3.8, 4) is 11.4 Å². The molecule has 1 unspecified atom stereocenters. The van der Waals surface area contributed by atoms with Crippen molar-refractivity contribution in [3.63, 3.8) is 0 Å². The maximum Gasteiger partial charge on any atom is 0.234 e. The molecule has 1 amide bonds. The lowest BCUT2D eigenvalue weighted by Gasteiger charge is -2.19. The molecule has 1 aliphatic rings. The highest BCUT2D eigenvalue weighted by atomic mass is 35.5. The van der Waals surface area contributed by atoms with Crippen molar-refractivity contribution < 1.29 is 4.79 Å². The summed E-state index contributed by atoms with van der Waals surface area (Å²) in [4.78, 5) is 13.9. The molecule has 4 rings (SSSR count). The van der Waals surface area contributed by atoms with Crippen LogP contribution in [0.1, 0.15) is 30.7 Å². The van der Waals surface area contributed by atoms with E-state index < -0.39 is 0 Å². The number of thioether (sulfide) groups is 1. The molecule has 0 radical (unpaired) electrons. The molecule has 30 heavy (non-hydrogen) atoms. The minimum atomic E-state index is -0.168. The fraction of sp³-hybridized carbons (Fsp3) is 0.381. The minimum Gasteiger partial charge on any atom is -0.324 e. The molecule has 5 nitrogen and oxygen atoms in total.